The van der Waals surface area contributed by atoms with Crippen LogP contribution in [0.4, 0.5) is 5.69 Å². The van der Waals surface area contributed by atoms with E-state index in [0.717, 1.165) is 10.8 Å². The standard InChI is InChI=1S/C11H9N3OS/c12-11(16)14-13-9-6-5-7-3-1-2-4-8(7)10(9)15/h1-6,15H,(H2,12,16). The van der Waals surface area contributed by atoms with Crippen LogP contribution in [0.1, 0.15) is 0 Å². The molecule has 2 aromatic rings. The predicted octanol–water partition coefficient (Wildman–Crippen LogP) is 2.87. The van der Waals surface area contributed by atoms with Crippen molar-refractivity contribution in [3.8, 4) is 5.75 Å². The van der Waals surface area contributed by atoms with E-state index in [2.05, 4.69) is 22.4 Å². The van der Waals surface area contributed by atoms with E-state index in [9.17, 15) is 5.11 Å². The molecule has 0 aromatic heterocycles. The number of aromatic hydroxyl groups is 1. The maximum absolute atomic E-state index is 9.92. The van der Waals surface area contributed by atoms with E-state index in [0.29, 0.717) is 5.69 Å². The summed E-state index contributed by atoms with van der Waals surface area (Å²) in [7, 11) is 0. The molecule has 3 N–H and O–H groups in total. The number of thiocarbonyl (C=S) groups is 1. The van der Waals surface area contributed by atoms with Crippen LogP contribution in [0, 0.1) is 0 Å². The fourth-order valence-corrected chi connectivity index (χ4v) is 1.47. The van der Waals surface area contributed by atoms with Gasteiger partial charge < -0.3 is 10.8 Å². The van der Waals surface area contributed by atoms with E-state index < -0.39 is 0 Å². The second kappa shape index (κ2) is 4.24. The molecule has 0 radical (unpaired) electrons. The van der Waals surface area contributed by atoms with Crippen molar-refractivity contribution in [2.75, 3.05) is 0 Å². The molecule has 0 unspecified atom stereocenters. The van der Waals surface area contributed by atoms with Crippen LogP contribution in [0.25, 0.3) is 10.8 Å². The van der Waals surface area contributed by atoms with E-state index in [1.54, 1.807) is 6.07 Å². The second-order valence-corrected chi connectivity index (χ2v) is 3.61. The lowest BCUT2D eigenvalue weighted by Crippen LogP contribution is -2.01. The summed E-state index contributed by atoms with van der Waals surface area (Å²) in [4.78, 5) is 0. The summed E-state index contributed by atoms with van der Waals surface area (Å²) < 4.78 is 0. The molecule has 80 valence electrons. The van der Waals surface area contributed by atoms with Gasteiger partial charge in [-0.3, -0.25) is 0 Å². The first-order valence-corrected chi connectivity index (χ1v) is 5.01. The summed E-state index contributed by atoms with van der Waals surface area (Å²) in [6.45, 7) is 0. The molecule has 0 atom stereocenters. The van der Waals surface area contributed by atoms with Crippen molar-refractivity contribution in [2.24, 2.45) is 16.0 Å². The van der Waals surface area contributed by atoms with Gasteiger partial charge in [-0.2, -0.15) is 0 Å². The lowest BCUT2D eigenvalue weighted by molar-refractivity contribution is 0.482. The van der Waals surface area contributed by atoms with Gasteiger partial charge in [-0.25, -0.2) is 0 Å². The van der Waals surface area contributed by atoms with Gasteiger partial charge in [-0.1, -0.05) is 30.3 Å². The predicted molar refractivity (Wildman–Crippen MR) is 66.9 cm³/mol. The van der Waals surface area contributed by atoms with Gasteiger partial charge in [0.05, 0.1) is 0 Å². The summed E-state index contributed by atoms with van der Waals surface area (Å²) in [5.41, 5.74) is 5.55. The highest BCUT2D eigenvalue weighted by molar-refractivity contribution is 7.80. The average Bonchev–Trinajstić information content (AvgIpc) is 2.28. The number of fused-ring (bicyclic) bond motifs is 1. The smallest absolute Gasteiger partial charge is 0.211 e. The van der Waals surface area contributed by atoms with E-state index in [1.165, 1.54) is 0 Å². The molecule has 16 heavy (non-hydrogen) atoms. The summed E-state index contributed by atoms with van der Waals surface area (Å²) in [6, 6.07) is 11.0. The van der Waals surface area contributed by atoms with E-state index in [4.69, 9.17) is 5.73 Å². The molecule has 5 heteroatoms. The van der Waals surface area contributed by atoms with Gasteiger partial charge >= 0.3 is 0 Å². The minimum Gasteiger partial charge on any atom is -0.505 e. The first-order valence-electron chi connectivity index (χ1n) is 4.60. The number of phenols is 1. The Morgan fingerprint density at radius 3 is 2.69 bits per heavy atom. The number of benzene rings is 2. The van der Waals surface area contributed by atoms with Crippen molar-refractivity contribution < 1.29 is 5.11 Å². The van der Waals surface area contributed by atoms with Crippen LogP contribution in [0.15, 0.2) is 46.6 Å². The minimum atomic E-state index is -0.0624. The zero-order valence-electron chi connectivity index (χ0n) is 8.29. The summed E-state index contributed by atoms with van der Waals surface area (Å²) in [6.07, 6.45) is 0. The Bertz CT molecular complexity index is 580. The third-order valence-corrected chi connectivity index (χ3v) is 2.22. The zero-order chi connectivity index (χ0) is 11.5. The van der Waals surface area contributed by atoms with Crippen LogP contribution in [0.3, 0.4) is 0 Å². The van der Waals surface area contributed by atoms with Gasteiger partial charge in [-0.15, -0.1) is 10.2 Å². The number of hydrogen-bond acceptors (Lipinski definition) is 3. The molecule has 2 aromatic carbocycles. The Morgan fingerprint density at radius 2 is 1.94 bits per heavy atom. The molecule has 0 heterocycles. The monoisotopic (exact) mass is 231 g/mol. The number of phenolic OH excluding ortho intramolecular Hbond substituents is 1. The highest BCUT2D eigenvalue weighted by Crippen LogP contribution is 2.34. The topological polar surface area (TPSA) is 71.0 Å². The molecule has 2 rings (SSSR count). The first kappa shape index (κ1) is 10.5. The van der Waals surface area contributed by atoms with Gasteiger partial charge in [0.1, 0.15) is 5.69 Å². The van der Waals surface area contributed by atoms with E-state index in [1.807, 2.05) is 30.3 Å². The van der Waals surface area contributed by atoms with Crippen LogP contribution in [-0.2, 0) is 0 Å². The van der Waals surface area contributed by atoms with Crippen molar-refractivity contribution in [2.45, 2.75) is 0 Å². The van der Waals surface area contributed by atoms with Crippen molar-refractivity contribution >= 4 is 33.8 Å². The molecular weight excluding hydrogens is 222 g/mol. The fourth-order valence-electron chi connectivity index (χ4n) is 1.43. The molecule has 0 aliphatic carbocycles. The second-order valence-electron chi connectivity index (χ2n) is 3.19. The molecule has 0 aliphatic heterocycles. The van der Waals surface area contributed by atoms with E-state index >= 15 is 0 Å². The summed E-state index contributed by atoms with van der Waals surface area (Å²) in [5.74, 6) is 0.0816. The molecular formula is C11H9N3OS. The SMILES string of the molecule is NC(=S)N=Nc1ccc2ccccc2c1O. The molecule has 0 aliphatic rings. The number of rotatable bonds is 1. The highest BCUT2D eigenvalue weighted by Gasteiger charge is 2.04. The first-order chi connectivity index (χ1) is 7.68. The maximum atomic E-state index is 9.92. The van der Waals surface area contributed by atoms with Crippen LogP contribution in [0.5, 0.6) is 5.75 Å². The van der Waals surface area contributed by atoms with Crippen LogP contribution >= 0.6 is 12.2 Å². The lowest BCUT2D eigenvalue weighted by Gasteiger charge is -2.02. The van der Waals surface area contributed by atoms with Crippen molar-refractivity contribution in [1.82, 2.24) is 0 Å². The maximum Gasteiger partial charge on any atom is 0.211 e. The minimum absolute atomic E-state index is 0.0624. The van der Waals surface area contributed by atoms with Gasteiger partial charge in [0.15, 0.2) is 5.75 Å². The molecule has 4 nitrogen and oxygen atoms in total. The number of nitrogens with two attached hydrogens (primary N) is 1. The third-order valence-electron chi connectivity index (χ3n) is 2.14. The Kier molecular flexibility index (Phi) is 2.78. The number of hydrogen-bond donors (Lipinski definition) is 2. The van der Waals surface area contributed by atoms with E-state index in [-0.39, 0.29) is 10.9 Å². The van der Waals surface area contributed by atoms with Crippen molar-refractivity contribution in [3.63, 3.8) is 0 Å². The Balaban J connectivity index is 2.56. The molecule has 0 bridgehead atoms. The van der Waals surface area contributed by atoms with Gasteiger partial charge in [0.2, 0.25) is 5.11 Å². The highest BCUT2D eigenvalue weighted by atomic mass is 32.1. The number of nitrogens with zero attached hydrogens (tertiary/aromatic N) is 2. The van der Waals surface area contributed by atoms with Crippen LogP contribution in [0.2, 0.25) is 0 Å². The summed E-state index contributed by atoms with van der Waals surface area (Å²) in [5, 5.41) is 18.8. The van der Waals surface area contributed by atoms with Crippen molar-refractivity contribution in [3.05, 3.63) is 36.4 Å². The van der Waals surface area contributed by atoms with Gasteiger partial charge in [0, 0.05) is 5.39 Å². The largest absolute Gasteiger partial charge is 0.505 e. The average molecular weight is 231 g/mol. The molecule has 0 fully saturated rings. The van der Waals surface area contributed by atoms with Crippen LogP contribution in [-0.4, -0.2) is 10.2 Å². The Labute approximate surface area is 97.4 Å². The zero-order valence-corrected chi connectivity index (χ0v) is 9.11. The quantitative estimate of drug-likeness (QED) is 0.585. The number of azo groups is 1. The molecule has 0 spiro atoms. The molecule has 0 saturated heterocycles. The van der Waals surface area contributed by atoms with Crippen LogP contribution < -0.4 is 5.73 Å². The molecule has 0 amide bonds. The normalized spacial score (nSPS) is 11.0. The lowest BCUT2D eigenvalue weighted by atomic mass is 10.1. The summed E-state index contributed by atoms with van der Waals surface area (Å²) >= 11 is 4.57. The van der Waals surface area contributed by atoms with Gasteiger partial charge in [-0.05, 0) is 23.7 Å². The Hall–Kier alpha value is -2.01. The fraction of sp³-hybridized carbons (Fsp3) is 0. The van der Waals surface area contributed by atoms with Gasteiger partial charge in [0.25, 0.3) is 0 Å². The van der Waals surface area contributed by atoms with Crippen molar-refractivity contribution in [1.29, 1.82) is 0 Å². The Morgan fingerprint density at radius 1 is 1.19 bits per heavy atom. The molecule has 0 saturated carbocycles. The third kappa shape index (κ3) is 1.99.